The minimum Gasteiger partial charge on any atom is -0.377 e. The minimum absolute atomic E-state index is 0.439. The van der Waals surface area contributed by atoms with Crippen LogP contribution in [0.4, 0.5) is 0 Å². The van der Waals surface area contributed by atoms with Gasteiger partial charge in [-0.3, -0.25) is 4.90 Å². The highest BCUT2D eigenvalue weighted by Crippen LogP contribution is 2.24. The van der Waals surface area contributed by atoms with Crippen LogP contribution < -0.4 is 5.32 Å². The number of hydrogen-bond donors (Lipinski definition) is 1. The van der Waals surface area contributed by atoms with E-state index in [4.69, 9.17) is 4.74 Å². The first kappa shape index (κ1) is 16.0. The van der Waals surface area contributed by atoms with Crippen molar-refractivity contribution in [3.8, 4) is 0 Å². The SMILES string of the molecule is CCNCc1cc(CN2CCCC(OCC)C2)c(C)s1. The summed E-state index contributed by atoms with van der Waals surface area (Å²) in [6, 6.07) is 2.38. The van der Waals surface area contributed by atoms with Crippen LogP contribution in [0.15, 0.2) is 6.07 Å². The average Bonchev–Trinajstić information content (AvgIpc) is 2.78. The monoisotopic (exact) mass is 296 g/mol. The molecule has 1 unspecified atom stereocenters. The van der Waals surface area contributed by atoms with E-state index < -0.39 is 0 Å². The summed E-state index contributed by atoms with van der Waals surface area (Å²) in [5, 5.41) is 3.41. The molecular weight excluding hydrogens is 268 g/mol. The van der Waals surface area contributed by atoms with Crippen LogP contribution in [-0.4, -0.2) is 37.2 Å². The lowest BCUT2D eigenvalue weighted by Crippen LogP contribution is -2.39. The molecular formula is C16H28N2OS. The smallest absolute Gasteiger partial charge is 0.0702 e. The summed E-state index contributed by atoms with van der Waals surface area (Å²) in [6.45, 7) is 12.8. The van der Waals surface area contributed by atoms with Gasteiger partial charge in [0.25, 0.3) is 0 Å². The molecule has 20 heavy (non-hydrogen) atoms. The van der Waals surface area contributed by atoms with Crippen molar-refractivity contribution in [1.29, 1.82) is 0 Å². The zero-order valence-corrected chi connectivity index (χ0v) is 13.9. The van der Waals surface area contributed by atoms with Crippen molar-refractivity contribution in [1.82, 2.24) is 10.2 Å². The molecule has 0 bridgehead atoms. The van der Waals surface area contributed by atoms with Gasteiger partial charge in [-0.2, -0.15) is 0 Å². The molecule has 1 aliphatic heterocycles. The first-order valence-electron chi connectivity index (χ1n) is 7.85. The topological polar surface area (TPSA) is 24.5 Å². The Kier molecular flexibility index (Phi) is 6.49. The standard InChI is InChI=1S/C16H28N2OS/c1-4-17-10-16-9-14(13(3)20-16)11-18-8-6-7-15(12-18)19-5-2/h9,15,17H,4-8,10-12H2,1-3H3. The van der Waals surface area contributed by atoms with E-state index in [0.29, 0.717) is 6.10 Å². The maximum Gasteiger partial charge on any atom is 0.0702 e. The summed E-state index contributed by atoms with van der Waals surface area (Å²) in [5.74, 6) is 0. The number of aryl methyl sites for hydroxylation is 1. The number of thiophene rings is 1. The second-order valence-electron chi connectivity index (χ2n) is 5.53. The Morgan fingerprint density at radius 1 is 1.45 bits per heavy atom. The third kappa shape index (κ3) is 4.55. The fraction of sp³-hybridized carbons (Fsp3) is 0.750. The molecule has 1 aromatic heterocycles. The maximum atomic E-state index is 5.79. The third-order valence-corrected chi connectivity index (χ3v) is 4.97. The predicted molar refractivity (Wildman–Crippen MR) is 86.4 cm³/mol. The van der Waals surface area contributed by atoms with E-state index in [1.54, 1.807) is 0 Å². The molecule has 3 nitrogen and oxygen atoms in total. The second kappa shape index (κ2) is 8.13. The highest BCUT2D eigenvalue weighted by molar-refractivity contribution is 7.12. The van der Waals surface area contributed by atoms with Gasteiger partial charge in [-0.25, -0.2) is 0 Å². The number of rotatable bonds is 7. The lowest BCUT2D eigenvalue weighted by atomic mass is 10.1. The maximum absolute atomic E-state index is 5.79. The Bertz CT molecular complexity index is 403. The summed E-state index contributed by atoms with van der Waals surface area (Å²) >= 11 is 1.93. The number of nitrogens with zero attached hydrogens (tertiary/aromatic N) is 1. The zero-order chi connectivity index (χ0) is 14.4. The van der Waals surface area contributed by atoms with Crippen LogP contribution in [-0.2, 0) is 17.8 Å². The minimum atomic E-state index is 0.439. The first-order chi connectivity index (χ1) is 9.72. The van der Waals surface area contributed by atoms with E-state index >= 15 is 0 Å². The molecule has 0 aromatic carbocycles. The Balaban J connectivity index is 1.90. The summed E-state index contributed by atoms with van der Waals surface area (Å²) < 4.78 is 5.79. The van der Waals surface area contributed by atoms with Gasteiger partial charge in [0.05, 0.1) is 6.10 Å². The van der Waals surface area contributed by atoms with E-state index in [0.717, 1.165) is 32.8 Å². The molecule has 2 heterocycles. The van der Waals surface area contributed by atoms with E-state index in [1.165, 1.54) is 34.7 Å². The van der Waals surface area contributed by atoms with Gasteiger partial charge in [0.1, 0.15) is 0 Å². The molecule has 1 aromatic rings. The van der Waals surface area contributed by atoms with Crippen molar-refractivity contribution >= 4 is 11.3 Å². The van der Waals surface area contributed by atoms with Gasteiger partial charge < -0.3 is 10.1 Å². The molecule has 1 N–H and O–H groups in total. The molecule has 0 aliphatic carbocycles. The molecule has 2 rings (SSSR count). The van der Waals surface area contributed by atoms with Crippen LogP contribution in [0.3, 0.4) is 0 Å². The number of likely N-dealkylation sites (tertiary alicyclic amines) is 1. The lowest BCUT2D eigenvalue weighted by Gasteiger charge is -2.32. The van der Waals surface area contributed by atoms with E-state index in [1.807, 2.05) is 11.3 Å². The lowest BCUT2D eigenvalue weighted by molar-refractivity contribution is 0.00362. The Hall–Kier alpha value is -0.420. The second-order valence-corrected chi connectivity index (χ2v) is 6.87. The quantitative estimate of drug-likeness (QED) is 0.836. The molecule has 1 saturated heterocycles. The van der Waals surface area contributed by atoms with Crippen LogP contribution in [0.5, 0.6) is 0 Å². The molecule has 0 radical (unpaired) electrons. The van der Waals surface area contributed by atoms with Crippen molar-refractivity contribution in [3.63, 3.8) is 0 Å². The summed E-state index contributed by atoms with van der Waals surface area (Å²) in [6.07, 6.45) is 2.92. The first-order valence-corrected chi connectivity index (χ1v) is 8.67. The summed E-state index contributed by atoms with van der Waals surface area (Å²) in [5.41, 5.74) is 1.50. The van der Waals surface area contributed by atoms with Gasteiger partial charge in [0.2, 0.25) is 0 Å². The Morgan fingerprint density at radius 3 is 3.05 bits per heavy atom. The van der Waals surface area contributed by atoms with Gasteiger partial charge in [-0.15, -0.1) is 11.3 Å². The molecule has 0 amide bonds. The summed E-state index contributed by atoms with van der Waals surface area (Å²) in [7, 11) is 0. The normalized spacial score (nSPS) is 20.4. The van der Waals surface area contributed by atoms with Gasteiger partial charge in [0, 0.05) is 36.0 Å². The van der Waals surface area contributed by atoms with Crippen molar-refractivity contribution in [2.75, 3.05) is 26.2 Å². The largest absolute Gasteiger partial charge is 0.377 e. The van der Waals surface area contributed by atoms with Crippen LogP contribution in [0, 0.1) is 6.92 Å². The van der Waals surface area contributed by atoms with Crippen molar-refractivity contribution in [2.45, 2.75) is 52.8 Å². The number of nitrogens with one attached hydrogen (secondary N) is 1. The van der Waals surface area contributed by atoms with Gasteiger partial charge in [-0.1, -0.05) is 6.92 Å². The van der Waals surface area contributed by atoms with Crippen LogP contribution in [0.2, 0.25) is 0 Å². The number of hydrogen-bond acceptors (Lipinski definition) is 4. The van der Waals surface area contributed by atoms with E-state index in [2.05, 4.69) is 37.1 Å². The van der Waals surface area contributed by atoms with E-state index in [-0.39, 0.29) is 0 Å². The molecule has 0 spiro atoms. The van der Waals surface area contributed by atoms with Crippen LogP contribution in [0.1, 0.15) is 42.0 Å². The fourth-order valence-electron chi connectivity index (χ4n) is 2.85. The number of piperidine rings is 1. The molecule has 1 fully saturated rings. The average molecular weight is 296 g/mol. The third-order valence-electron chi connectivity index (χ3n) is 3.88. The fourth-order valence-corrected chi connectivity index (χ4v) is 3.87. The Morgan fingerprint density at radius 2 is 2.30 bits per heavy atom. The molecule has 0 saturated carbocycles. The highest BCUT2D eigenvalue weighted by atomic mass is 32.1. The van der Waals surface area contributed by atoms with Crippen LogP contribution in [0.25, 0.3) is 0 Å². The van der Waals surface area contributed by atoms with Crippen LogP contribution >= 0.6 is 11.3 Å². The molecule has 1 aliphatic rings. The Labute approximate surface area is 127 Å². The van der Waals surface area contributed by atoms with Gasteiger partial charge in [0.15, 0.2) is 0 Å². The van der Waals surface area contributed by atoms with Crippen molar-refractivity contribution in [3.05, 3.63) is 21.4 Å². The van der Waals surface area contributed by atoms with Crippen molar-refractivity contribution < 1.29 is 4.74 Å². The summed E-state index contributed by atoms with van der Waals surface area (Å²) in [4.78, 5) is 5.48. The van der Waals surface area contributed by atoms with E-state index in [9.17, 15) is 0 Å². The van der Waals surface area contributed by atoms with Gasteiger partial charge in [-0.05, 0) is 51.4 Å². The zero-order valence-electron chi connectivity index (χ0n) is 13.1. The van der Waals surface area contributed by atoms with Gasteiger partial charge >= 0.3 is 0 Å². The molecule has 1 atom stereocenters. The van der Waals surface area contributed by atoms with Crippen molar-refractivity contribution in [2.24, 2.45) is 0 Å². The highest BCUT2D eigenvalue weighted by Gasteiger charge is 2.20. The number of ether oxygens (including phenoxy) is 1. The predicted octanol–water partition coefficient (Wildman–Crippen LogP) is 3.17. The molecule has 4 heteroatoms. The molecule has 114 valence electrons.